The average molecular weight is 415 g/mol. The number of para-hydroxylation sites is 1. The molecule has 2 amide bonds. The highest BCUT2D eigenvalue weighted by Crippen LogP contribution is 2.16. The van der Waals surface area contributed by atoms with Gasteiger partial charge < -0.3 is 4.74 Å². The molecule has 132 valence electrons. The number of benzene rings is 2. The molecule has 0 aliphatic carbocycles. The van der Waals surface area contributed by atoms with Gasteiger partial charge in [-0.2, -0.15) is 5.10 Å². The molecule has 0 fully saturated rings. The fourth-order valence-corrected chi connectivity index (χ4v) is 2.45. The SMILES string of the molecule is O=C(COc1ccc(Br)cc1)NNC(=O)c1ccccc1-n1cccn1. The normalized spacial score (nSPS) is 10.2. The summed E-state index contributed by atoms with van der Waals surface area (Å²) in [5.41, 5.74) is 5.70. The summed E-state index contributed by atoms with van der Waals surface area (Å²) in [6, 6.07) is 15.8. The van der Waals surface area contributed by atoms with Crippen molar-refractivity contribution < 1.29 is 14.3 Å². The highest BCUT2D eigenvalue weighted by Gasteiger charge is 2.13. The number of rotatable bonds is 5. The molecule has 1 heterocycles. The van der Waals surface area contributed by atoms with Crippen molar-refractivity contribution in [3.63, 3.8) is 0 Å². The first-order chi connectivity index (χ1) is 12.6. The number of nitrogens with one attached hydrogen (secondary N) is 2. The Hall–Kier alpha value is -3.13. The van der Waals surface area contributed by atoms with Crippen molar-refractivity contribution in [2.24, 2.45) is 0 Å². The molecule has 0 radical (unpaired) electrons. The van der Waals surface area contributed by atoms with E-state index in [0.29, 0.717) is 17.0 Å². The zero-order chi connectivity index (χ0) is 18.4. The van der Waals surface area contributed by atoms with Crippen LogP contribution in [0.1, 0.15) is 10.4 Å². The van der Waals surface area contributed by atoms with Crippen molar-refractivity contribution >= 4 is 27.7 Å². The van der Waals surface area contributed by atoms with Crippen LogP contribution in [0.4, 0.5) is 0 Å². The van der Waals surface area contributed by atoms with Gasteiger partial charge in [0, 0.05) is 16.9 Å². The van der Waals surface area contributed by atoms with Crippen molar-refractivity contribution in [2.75, 3.05) is 6.61 Å². The van der Waals surface area contributed by atoms with Crippen LogP contribution in [0.2, 0.25) is 0 Å². The first kappa shape index (κ1) is 17.7. The number of amides is 2. The van der Waals surface area contributed by atoms with Gasteiger partial charge in [-0.1, -0.05) is 28.1 Å². The van der Waals surface area contributed by atoms with Gasteiger partial charge in [0.15, 0.2) is 6.61 Å². The van der Waals surface area contributed by atoms with Gasteiger partial charge in [0.1, 0.15) is 5.75 Å². The van der Waals surface area contributed by atoms with Gasteiger partial charge in [-0.25, -0.2) is 4.68 Å². The summed E-state index contributed by atoms with van der Waals surface area (Å²) in [5, 5.41) is 4.12. The number of aromatic nitrogens is 2. The first-order valence-electron chi connectivity index (χ1n) is 7.70. The molecule has 26 heavy (non-hydrogen) atoms. The van der Waals surface area contributed by atoms with Crippen molar-refractivity contribution in [3.8, 4) is 11.4 Å². The number of carbonyl (C=O) groups excluding carboxylic acids is 2. The third-order valence-electron chi connectivity index (χ3n) is 3.40. The Morgan fingerprint density at radius 3 is 2.54 bits per heavy atom. The Labute approximate surface area is 158 Å². The number of carbonyl (C=O) groups is 2. The van der Waals surface area contributed by atoms with Gasteiger partial charge in [0.2, 0.25) is 0 Å². The Bertz CT molecular complexity index is 895. The van der Waals surface area contributed by atoms with E-state index in [4.69, 9.17) is 4.74 Å². The van der Waals surface area contributed by atoms with Crippen LogP contribution >= 0.6 is 15.9 Å². The topological polar surface area (TPSA) is 85.3 Å². The van der Waals surface area contributed by atoms with Gasteiger partial charge in [0.25, 0.3) is 11.8 Å². The van der Waals surface area contributed by atoms with E-state index in [2.05, 4.69) is 31.9 Å². The minimum atomic E-state index is -0.474. The van der Waals surface area contributed by atoms with Crippen molar-refractivity contribution in [1.82, 2.24) is 20.6 Å². The van der Waals surface area contributed by atoms with Gasteiger partial charge in [-0.05, 0) is 42.5 Å². The fraction of sp³-hybridized carbons (Fsp3) is 0.0556. The van der Waals surface area contributed by atoms with E-state index in [1.807, 2.05) is 0 Å². The second-order valence-electron chi connectivity index (χ2n) is 5.21. The summed E-state index contributed by atoms with van der Waals surface area (Å²) in [5.74, 6) is -0.371. The molecule has 2 N–H and O–H groups in total. The highest BCUT2D eigenvalue weighted by atomic mass is 79.9. The van der Waals surface area contributed by atoms with Gasteiger partial charge in [-0.3, -0.25) is 20.4 Å². The Morgan fingerprint density at radius 1 is 1.04 bits per heavy atom. The summed E-state index contributed by atoms with van der Waals surface area (Å²) < 4.78 is 7.84. The second-order valence-corrected chi connectivity index (χ2v) is 6.13. The first-order valence-corrected chi connectivity index (χ1v) is 8.49. The zero-order valence-corrected chi connectivity index (χ0v) is 15.1. The zero-order valence-electron chi connectivity index (χ0n) is 13.6. The van der Waals surface area contributed by atoms with E-state index < -0.39 is 11.8 Å². The number of nitrogens with zero attached hydrogens (tertiary/aromatic N) is 2. The van der Waals surface area contributed by atoms with E-state index in [1.165, 1.54) is 0 Å². The molecule has 0 unspecified atom stereocenters. The summed E-state index contributed by atoms with van der Waals surface area (Å²) in [6.07, 6.45) is 3.35. The lowest BCUT2D eigenvalue weighted by Gasteiger charge is -2.11. The molecule has 3 rings (SSSR count). The summed E-state index contributed by atoms with van der Waals surface area (Å²) >= 11 is 3.32. The molecule has 8 heteroatoms. The number of ether oxygens (including phenoxy) is 1. The summed E-state index contributed by atoms with van der Waals surface area (Å²) in [4.78, 5) is 24.2. The number of hydrogen-bond donors (Lipinski definition) is 2. The Morgan fingerprint density at radius 2 is 1.81 bits per heavy atom. The molecular formula is C18H15BrN4O3. The molecule has 2 aromatic carbocycles. The highest BCUT2D eigenvalue weighted by molar-refractivity contribution is 9.10. The van der Waals surface area contributed by atoms with E-state index in [9.17, 15) is 9.59 Å². The lowest BCUT2D eigenvalue weighted by atomic mass is 10.1. The monoisotopic (exact) mass is 414 g/mol. The quantitative estimate of drug-likeness (QED) is 0.628. The minimum Gasteiger partial charge on any atom is -0.484 e. The van der Waals surface area contributed by atoms with Crippen LogP contribution in [0.5, 0.6) is 5.75 Å². The molecule has 0 saturated heterocycles. The molecular weight excluding hydrogens is 400 g/mol. The Kier molecular flexibility index (Phi) is 5.65. The van der Waals surface area contributed by atoms with E-state index in [-0.39, 0.29) is 6.61 Å². The van der Waals surface area contributed by atoms with Gasteiger partial charge >= 0.3 is 0 Å². The molecule has 0 saturated carbocycles. The number of hydrazine groups is 1. The molecule has 0 aliphatic rings. The maximum atomic E-state index is 12.4. The molecule has 0 bridgehead atoms. The standard InChI is InChI=1S/C18H15BrN4O3/c19-13-6-8-14(9-7-13)26-12-17(24)21-22-18(25)15-4-1-2-5-16(15)23-11-3-10-20-23/h1-11H,12H2,(H,21,24)(H,22,25). The van der Waals surface area contributed by atoms with Crippen molar-refractivity contribution in [2.45, 2.75) is 0 Å². The molecule has 3 aromatic rings. The van der Waals surface area contributed by atoms with Crippen molar-refractivity contribution in [3.05, 3.63) is 77.0 Å². The molecule has 1 aromatic heterocycles. The van der Waals surface area contributed by atoms with Crippen LogP contribution in [0, 0.1) is 0 Å². The Balaban J connectivity index is 1.56. The number of hydrogen-bond acceptors (Lipinski definition) is 4. The third-order valence-corrected chi connectivity index (χ3v) is 3.93. The predicted molar refractivity (Wildman–Crippen MR) is 98.8 cm³/mol. The summed E-state index contributed by atoms with van der Waals surface area (Å²) in [7, 11) is 0. The lowest BCUT2D eigenvalue weighted by Crippen LogP contribution is -2.44. The maximum Gasteiger partial charge on any atom is 0.276 e. The average Bonchev–Trinajstić information content (AvgIpc) is 3.20. The van der Waals surface area contributed by atoms with E-state index >= 15 is 0 Å². The lowest BCUT2D eigenvalue weighted by molar-refractivity contribution is -0.123. The van der Waals surface area contributed by atoms with Crippen LogP contribution in [0.3, 0.4) is 0 Å². The van der Waals surface area contributed by atoms with E-state index in [0.717, 1.165) is 4.47 Å². The van der Waals surface area contributed by atoms with Crippen molar-refractivity contribution in [1.29, 1.82) is 0 Å². The summed E-state index contributed by atoms with van der Waals surface area (Å²) in [6.45, 7) is -0.220. The number of halogens is 1. The fourth-order valence-electron chi connectivity index (χ4n) is 2.19. The van der Waals surface area contributed by atoms with E-state index in [1.54, 1.807) is 71.7 Å². The second kappa shape index (κ2) is 8.30. The molecule has 0 atom stereocenters. The van der Waals surface area contributed by atoms with Crippen LogP contribution in [0.25, 0.3) is 5.69 Å². The van der Waals surface area contributed by atoms with Crippen LogP contribution < -0.4 is 15.6 Å². The molecule has 0 aliphatic heterocycles. The van der Waals surface area contributed by atoms with Gasteiger partial charge in [-0.15, -0.1) is 0 Å². The molecule has 7 nitrogen and oxygen atoms in total. The smallest absolute Gasteiger partial charge is 0.276 e. The molecule has 0 spiro atoms. The van der Waals surface area contributed by atoms with Crippen LogP contribution in [-0.2, 0) is 4.79 Å². The minimum absolute atomic E-state index is 0.220. The predicted octanol–water partition coefficient (Wildman–Crippen LogP) is 2.47. The largest absolute Gasteiger partial charge is 0.484 e. The third kappa shape index (κ3) is 4.48. The van der Waals surface area contributed by atoms with Crippen LogP contribution in [-0.4, -0.2) is 28.2 Å². The van der Waals surface area contributed by atoms with Gasteiger partial charge in [0.05, 0.1) is 11.3 Å². The maximum absolute atomic E-state index is 12.4. The van der Waals surface area contributed by atoms with Crippen LogP contribution in [0.15, 0.2) is 71.5 Å².